The number of piperidine rings is 1. The molecule has 3 aromatic rings. The predicted octanol–water partition coefficient (Wildman–Crippen LogP) is 4.83. The Morgan fingerprint density at radius 2 is 1.50 bits per heavy atom. The van der Waals surface area contributed by atoms with Crippen molar-refractivity contribution in [2.75, 3.05) is 19.6 Å². The van der Waals surface area contributed by atoms with Crippen LogP contribution in [-0.4, -0.2) is 35.5 Å². The molecule has 1 aliphatic carbocycles. The van der Waals surface area contributed by atoms with Gasteiger partial charge in [0.05, 0.1) is 11.9 Å². The van der Waals surface area contributed by atoms with Crippen LogP contribution in [0.4, 0.5) is 0 Å². The first kappa shape index (κ1) is 19.6. The van der Waals surface area contributed by atoms with Gasteiger partial charge in [-0.15, -0.1) is 0 Å². The van der Waals surface area contributed by atoms with Gasteiger partial charge < -0.3 is 10.2 Å². The van der Waals surface area contributed by atoms with Crippen molar-refractivity contribution >= 4 is 0 Å². The molecular formula is C29H31N3. The lowest BCUT2D eigenvalue weighted by Crippen LogP contribution is -2.41. The number of hydrogen-bond acceptors (Lipinski definition) is 3. The lowest BCUT2D eigenvalue weighted by Gasteiger charge is -2.40. The highest BCUT2D eigenvalue weighted by molar-refractivity contribution is 5.40. The van der Waals surface area contributed by atoms with E-state index in [-0.39, 0.29) is 6.04 Å². The van der Waals surface area contributed by atoms with Crippen LogP contribution in [0.5, 0.6) is 0 Å². The molecule has 2 fully saturated rings. The highest BCUT2D eigenvalue weighted by Crippen LogP contribution is 2.47. The molecule has 0 aromatic heterocycles. The standard InChI is InChI=1S/C29H31N3/c1-21(30-28-26-19-31(20-27(26)28)18-22-10-4-2-5-11-22)32-17-16-23-12-8-9-15-25(23)29(32)24-13-6-3-7-14-24/h2-15,26-30H,1,16-20H2. The molecule has 1 saturated heterocycles. The SMILES string of the molecule is C=C(NC1C2CN(Cc3ccccc3)CC21)N1CCc2ccccc2C1c1ccccc1. The maximum absolute atomic E-state index is 4.52. The summed E-state index contributed by atoms with van der Waals surface area (Å²) in [6.45, 7) is 8.98. The fraction of sp³-hybridized carbons (Fsp3) is 0.310. The second kappa shape index (κ2) is 8.14. The minimum Gasteiger partial charge on any atom is -0.369 e. The van der Waals surface area contributed by atoms with Crippen LogP contribution in [-0.2, 0) is 13.0 Å². The van der Waals surface area contributed by atoms with Crippen LogP contribution in [0.2, 0.25) is 0 Å². The summed E-state index contributed by atoms with van der Waals surface area (Å²) >= 11 is 0. The van der Waals surface area contributed by atoms with E-state index < -0.39 is 0 Å². The highest BCUT2D eigenvalue weighted by atomic mass is 15.3. The number of fused-ring (bicyclic) bond motifs is 2. The molecule has 3 aliphatic rings. The van der Waals surface area contributed by atoms with Gasteiger partial charge in [-0.2, -0.15) is 0 Å². The maximum Gasteiger partial charge on any atom is 0.0949 e. The second-order valence-electron chi connectivity index (χ2n) is 9.58. The summed E-state index contributed by atoms with van der Waals surface area (Å²) in [6, 6.07) is 31.4. The number of nitrogens with zero attached hydrogens (tertiary/aromatic N) is 2. The van der Waals surface area contributed by atoms with E-state index in [0.29, 0.717) is 6.04 Å². The van der Waals surface area contributed by atoms with E-state index in [1.165, 1.54) is 35.3 Å². The lowest BCUT2D eigenvalue weighted by molar-refractivity contribution is 0.242. The highest BCUT2D eigenvalue weighted by Gasteiger charge is 2.56. The second-order valence-corrected chi connectivity index (χ2v) is 9.58. The van der Waals surface area contributed by atoms with Crippen molar-refractivity contribution in [2.45, 2.75) is 25.0 Å². The van der Waals surface area contributed by atoms with Gasteiger partial charge in [-0.1, -0.05) is 91.5 Å². The van der Waals surface area contributed by atoms with Crippen molar-refractivity contribution in [3.05, 3.63) is 120 Å². The summed E-state index contributed by atoms with van der Waals surface area (Å²) in [5.74, 6) is 2.59. The van der Waals surface area contributed by atoms with E-state index in [1.807, 2.05) is 0 Å². The summed E-state index contributed by atoms with van der Waals surface area (Å²) in [5.41, 5.74) is 5.64. The minimum atomic E-state index is 0.231. The van der Waals surface area contributed by atoms with Gasteiger partial charge in [-0.05, 0) is 40.5 Å². The average Bonchev–Trinajstić information content (AvgIpc) is 3.27. The van der Waals surface area contributed by atoms with Crippen LogP contribution in [0, 0.1) is 11.8 Å². The van der Waals surface area contributed by atoms with Gasteiger partial charge in [0.2, 0.25) is 0 Å². The monoisotopic (exact) mass is 421 g/mol. The van der Waals surface area contributed by atoms with Gasteiger partial charge in [-0.3, -0.25) is 4.90 Å². The smallest absolute Gasteiger partial charge is 0.0949 e. The number of benzene rings is 3. The summed E-state index contributed by atoms with van der Waals surface area (Å²) in [7, 11) is 0. The molecule has 6 rings (SSSR count). The zero-order chi connectivity index (χ0) is 21.5. The van der Waals surface area contributed by atoms with Crippen molar-refractivity contribution in [3.63, 3.8) is 0 Å². The summed E-state index contributed by atoms with van der Waals surface area (Å²) in [5, 5.41) is 3.85. The fourth-order valence-corrected chi connectivity index (χ4v) is 5.93. The summed E-state index contributed by atoms with van der Waals surface area (Å²) in [6.07, 6.45) is 1.07. The molecular weight excluding hydrogens is 390 g/mol. The number of rotatable bonds is 6. The Morgan fingerprint density at radius 3 is 2.25 bits per heavy atom. The Hall–Kier alpha value is -3.04. The van der Waals surface area contributed by atoms with E-state index in [4.69, 9.17) is 0 Å². The zero-order valence-electron chi connectivity index (χ0n) is 18.5. The quantitative estimate of drug-likeness (QED) is 0.615. The van der Waals surface area contributed by atoms with Gasteiger partial charge in [0, 0.05) is 32.2 Å². The van der Waals surface area contributed by atoms with Crippen molar-refractivity contribution in [1.82, 2.24) is 15.1 Å². The molecule has 0 spiro atoms. The molecule has 32 heavy (non-hydrogen) atoms. The molecule has 3 nitrogen and oxygen atoms in total. The van der Waals surface area contributed by atoms with Crippen molar-refractivity contribution in [3.8, 4) is 0 Å². The van der Waals surface area contributed by atoms with Crippen LogP contribution < -0.4 is 5.32 Å². The fourth-order valence-electron chi connectivity index (χ4n) is 5.93. The largest absolute Gasteiger partial charge is 0.369 e. The summed E-state index contributed by atoms with van der Waals surface area (Å²) in [4.78, 5) is 5.10. The number of hydrogen-bond donors (Lipinski definition) is 1. The van der Waals surface area contributed by atoms with E-state index >= 15 is 0 Å². The molecule has 1 N–H and O–H groups in total. The number of likely N-dealkylation sites (tertiary alicyclic amines) is 1. The van der Waals surface area contributed by atoms with Gasteiger partial charge in [-0.25, -0.2) is 0 Å². The van der Waals surface area contributed by atoms with Crippen molar-refractivity contribution < 1.29 is 0 Å². The van der Waals surface area contributed by atoms with E-state index in [1.54, 1.807) is 0 Å². The Balaban J connectivity index is 1.14. The van der Waals surface area contributed by atoms with Gasteiger partial charge in [0.25, 0.3) is 0 Å². The third-order valence-electron chi connectivity index (χ3n) is 7.60. The molecule has 3 unspecified atom stereocenters. The van der Waals surface area contributed by atoms with Crippen LogP contribution >= 0.6 is 0 Å². The Morgan fingerprint density at radius 1 is 0.844 bits per heavy atom. The predicted molar refractivity (Wildman–Crippen MR) is 130 cm³/mol. The lowest BCUT2D eigenvalue weighted by atomic mass is 9.88. The normalized spacial score (nSPS) is 26.3. The minimum absolute atomic E-state index is 0.231. The average molecular weight is 422 g/mol. The first-order valence-electron chi connectivity index (χ1n) is 11.9. The zero-order valence-corrected chi connectivity index (χ0v) is 18.5. The molecule has 2 heterocycles. The Labute approximate surface area is 191 Å². The van der Waals surface area contributed by atoms with Gasteiger partial charge >= 0.3 is 0 Å². The van der Waals surface area contributed by atoms with E-state index in [2.05, 4.69) is 107 Å². The Bertz CT molecular complexity index is 1080. The molecule has 1 saturated carbocycles. The van der Waals surface area contributed by atoms with Crippen LogP contribution in [0.15, 0.2) is 97.3 Å². The van der Waals surface area contributed by atoms with Gasteiger partial charge in [0.1, 0.15) is 0 Å². The van der Waals surface area contributed by atoms with Gasteiger partial charge in [0.15, 0.2) is 0 Å². The number of nitrogens with one attached hydrogen (secondary N) is 1. The maximum atomic E-state index is 4.52. The van der Waals surface area contributed by atoms with Crippen LogP contribution in [0.3, 0.4) is 0 Å². The van der Waals surface area contributed by atoms with E-state index in [0.717, 1.165) is 37.2 Å². The van der Waals surface area contributed by atoms with Crippen molar-refractivity contribution in [1.29, 1.82) is 0 Å². The molecule has 3 heteroatoms. The third-order valence-corrected chi connectivity index (χ3v) is 7.60. The molecule has 2 aliphatic heterocycles. The first-order chi connectivity index (χ1) is 15.8. The molecule has 0 bridgehead atoms. The molecule has 0 radical (unpaired) electrons. The van der Waals surface area contributed by atoms with Crippen LogP contribution in [0.25, 0.3) is 0 Å². The van der Waals surface area contributed by atoms with E-state index in [9.17, 15) is 0 Å². The van der Waals surface area contributed by atoms with Crippen LogP contribution in [0.1, 0.15) is 28.3 Å². The molecule has 3 atom stereocenters. The molecule has 162 valence electrons. The van der Waals surface area contributed by atoms with Crippen molar-refractivity contribution in [2.24, 2.45) is 11.8 Å². The topological polar surface area (TPSA) is 18.5 Å². The Kier molecular flexibility index (Phi) is 4.99. The summed E-state index contributed by atoms with van der Waals surface area (Å²) < 4.78 is 0. The third kappa shape index (κ3) is 3.61. The molecule has 0 amide bonds. The molecule has 3 aromatic carbocycles. The first-order valence-corrected chi connectivity index (χ1v) is 11.9.